The zero-order valence-corrected chi connectivity index (χ0v) is 15.3. The van der Waals surface area contributed by atoms with Gasteiger partial charge in [-0.25, -0.2) is 8.42 Å². The predicted molar refractivity (Wildman–Crippen MR) is 96.9 cm³/mol. The van der Waals surface area contributed by atoms with Gasteiger partial charge in [0.2, 0.25) is 10.0 Å². The number of likely N-dealkylation sites (N-methyl/N-ethyl adjacent to an activating group) is 1. The predicted octanol–water partition coefficient (Wildman–Crippen LogP) is 2.63. The molecule has 26 heavy (non-hydrogen) atoms. The number of hydrogen-bond donors (Lipinski definition) is 0. The zero-order chi connectivity index (χ0) is 18.5. The van der Waals surface area contributed by atoms with Gasteiger partial charge < -0.3 is 0 Å². The quantitative estimate of drug-likeness (QED) is 0.603. The molecule has 0 radical (unpaired) electrons. The van der Waals surface area contributed by atoms with Crippen molar-refractivity contribution in [3.63, 3.8) is 0 Å². The Morgan fingerprint density at radius 1 is 1.04 bits per heavy atom. The molecule has 1 aliphatic carbocycles. The highest BCUT2D eigenvalue weighted by atomic mass is 32.2. The fourth-order valence-electron chi connectivity index (χ4n) is 3.83. The van der Waals surface area contributed by atoms with Gasteiger partial charge in [-0.2, -0.15) is 4.31 Å². The average Bonchev–Trinajstić information content (AvgIpc) is 2.66. The molecule has 0 saturated heterocycles. The summed E-state index contributed by atoms with van der Waals surface area (Å²) in [5, 5.41) is 0. The van der Waals surface area contributed by atoms with Gasteiger partial charge >= 0.3 is 0 Å². The molecule has 1 aliphatic heterocycles. The molecule has 0 amide bonds. The molecule has 0 aromatic heterocycles. The third-order valence-electron chi connectivity index (χ3n) is 5.30. The molecule has 5 nitrogen and oxygen atoms in total. The van der Waals surface area contributed by atoms with E-state index in [1.54, 1.807) is 18.2 Å². The molecule has 0 saturated carbocycles. The second kappa shape index (κ2) is 6.14. The van der Waals surface area contributed by atoms with Crippen LogP contribution < -0.4 is 0 Å². The van der Waals surface area contributed by atoms with E-state index in [0.29, 0.717) is 5.56 Å². The standard InChI is InChI=1S/C20H19NO4S/c1-21-18(20(23)16-8-4-5-9-17(16)26(21,24)25)19(22)15-11-10-13-6-2-3-7-14(13)12-15/h4-5,8-12,18H,2-3,6-7H2,1H3. The summed E-state index contributed by atoms with van der Waals surface area (Å²) >= 11 is 0. The highest BCUT2D eigenvalue weighted by Gasteiger charge is 2.45. The first-order chi connectivity index (χ1) is 12.4. The number of ketones is 2. The number of rotatable bonds is 2. The highest BCUT2D eigenvalue weighted by Crippen LogP contribution is 2.31. The van der Waals surface area contributed by atoms with Crippen LogP contribution in [-0.4, -0.2) is 37.4 Å². The first kappa shape index (κ1) is 17.1. The van der Waals surface area contributed by atoms with Crippen LogP contribution in [0.15, 0.2) is 47.4 Å². The van der Waals surface area contributed by atoms with Gasteiger partial charge in [0, 0.05) is 18.2 Å². The SMILES string of the molecule is CN1C(C(=O)c2ccc3c(c2)CCCC3)C(=O)c2ccccc2S1(=O)=O. The third-order valence-corrected chi connectivity index (χ3v) is 7.18. The van der Waals surface area contributed by atoms with Gasteiger partial charge in [0.15, 0.2) is 17.6 Å². The second-order valence-electron chi connectivity index (χ2n) is 6.84. The second-order valence-corrected chi connectivity index (χ2v) is 8.80. The van der Waals surface area contributed by atoms with Crippen molar-refractivity contribution in [2.24, 2.45) is 0 Å². The van der Waals surface area contributed by atoms with E-state index < -0.39 is 27.6 Å². The highest BCUT2D eigenvalue weighted by molar-refractivity contribution is 7.89. The fourth-order valence-corrected chi connectivity index (χ4v) is 5.31. The Morgan fingerprint density at radius 3 is 2.50 bits per heavy atom. The van der Waals surface area contributed by atoms with Crippen molar-refractivity contribution in [1.29, 1.82) is 0 Å². The molecule has 1 heterocycles. The van der Waals surface area contributed by atoms with E-state index in [1.165, 1.54) is 24.7 Å². The largest absolute Gasteiger partial charge is 0.292 e. The molecule has 2 aromatic carbocycles. The molecular formula is C20H19NO4S. The minimum atomic E-state index is -3.88. The Labute approximate surface area is 152 Å². The average molecular weight is 369 g/mol. The number of Topliss-reactive ketones (excluding diaryl/α,β-unsaturated/α-hetero) is 2. The summed E-state index contributed by atoms with van der Waals surface area (Å²) in [6, 6.07) is 10.2. The number of sulfonamides is 1. The molecule has 2 aliphatic rings. The minimum Gasteiger partial charge on any atom is -0.292 e. The van der Waals surface area contributed by atoms with Crippen molar-refractivity contribution in [3.8, 4) is 0 Å². The monoisotopic (exact) mass is 369 g/mol. The van der Waals surface area contributed by atoms with Crippen LogP contribution in [0, 0.1) is 0 Å². The van der Waals surface area contributed by atoms with Crippen molar-refractivity contribution in [2.45, 2.75) is 36.6 Å². The normalized spacial score (nSPS) is 21.7. The smallest absolute Gasteiger partial charge is 0.244 e. The van der Waals surface area contributed by atoms with Crippen LogP contribution in [0.1, 0.15) is 44.7 Å². The zero-order valence-electron chi connectivity index (χ0n) is 14.4. The Morgan fingerprint density at radius 2 is 1.73 bits per heavy atom. The number of aryl methyl sites for hydroxylation is 2. The first-order valence-electron chi connectivity index (χ1n) is 8.68. The van der Waals surface area contributed by atoms with Gasteiger partial charge in [0.05, 0.1) is 4.90 Å². The molecule has 0 bridgehead atoms. The van der Waals surface area contributed by atoms with Crippen molar-refractivity contribution in [2.75, 3.05) is 7.05 Å². The van der Waals surface area contributed by atoms with Crippen LogP contribution >= 0.6 is 0 Å². The van der Waals surface area contributed by atoms with Gasteiger partial charge in [-0.1, -0.05) is 24.3 Å². The fraction of sp³-hybridized carbons (Fsp3) is 0.300. The maximum atomic E-state index is 13.1. The number of hydrogen-bond acceptors (Lipinski definition) is 4. The van der Waals surface area contributed by atoms with E-state index >= 15 is 0 Å². The van der Waals surface area contributed by atoms with Crippen LogP contribution in [-0.2, 0) is 22.9 Å². The summed E-state index contributed by atoms with van der Waals surface area (Å²) in [4.78, 5) is 25.9. The van der Waals surface area contributed by atoms with E-state index in [2.05, 4.69) is 0 Å². The molecule has 134 valence electrons. The summed E-state index contributed by atoms with van der Waals surface area (Å²) in [6.45, 7) is 0. The summed E-state index contributed by atoms with van der Waals surface area (Å²) in [6.07, 6.45) is 4.12. The Kier molecular flexibility index (Phi) is 4.04. The van der Waals surface area contributed by atoms with Crippen molar-refractivity contribution < 1.29 is 18.0 Å². The first-order valence-corrected chi connectivity index (χ1v) is 10.1. The lowest BCUT2D eigenvalue weighted by molar-refractivity contribution is 0.0784. The van der Waals surface area contributed by atoms with Gasteiger partial charge in [0.25, 0.3) is 0 Å². The molecular weight excluding hydrogens is 350 g/mol. The molecule has 4 rings (SSSR count). The van der Waals surface area contributed by atoms with E-state index in [-0.39, 0.29) is 10.5 Å². The number of fused-ring (bicyclic) bond motifs is 2. The summed E-state index contributed by atoms with van der Waals surface area (Å²) in [5.41, 5.74) is 2.83. The van der Waals surface area contributed by atoms with Crippen LogP contribution in [0.3, 0.4) is 0 Å². The summed E-state index contributed by atoms with van der Waals surface area (Å²) in [5.74, 6) is -0.940. The molecule has 1 atom stereocenters. The molecule has 0 N–H and O–H groups in total. The number of carbonyl (C=O) groups is 2. The molecule has 1 unspecified atom stereocenters. The van der Waals surface area contributed by atoms with Gasteiger partial charge in [-0.05, 0) is 55.0 Å². The van der Waals surface area contributed by atoms with E-state index in [0.717, 1.165) is 35.6 Å². The lowest BCUT2D eigenvalue weighted by atomic mass is 9.88. The van der Waals surface area contributed by atoms with Crippen LogP contribution in [0.2, 0.25) is 0 Å². The Bertz CT molecular complexity index is 1030. The molecule has 0 fully saturated rings. The molecule has 6 heteroatoms. The number of benzene rings is 2. The Balaban J connectivity index is 1.78. The van der Waals surface area contributed by atoms with Crippen molar-refractivity contribution in [1.82, 2.24) is 4.31 Å². The van der Waals surface area contributed by atoms with Crippen molar-refractivity contribution >= 4 is 21.6 Å². The lowest BCUT2D eigenvalue weighted by Gasteiger charge is -2.31. The maximum absolute atomic E-state index is 13.1. The van der Waals surface area contributed by atoms with Crippen molar-refractivity contribution in [3.05, 3.63) is 64.7 Å². The van der Waals surface area contributed by atoms with Gasteiger partial charge in [-0.3, -0.25) is 9.59 Å². The molecule has 2 aromatic rings. The summed E-state index contributed by atoms with van der Waals surface area (Å²) in [7, 11) is -2.59. The van der Waals surface area contributed by atoms with E-state index in [1.807, 2.05) is 12.1 Å². The van der Waals surface area contributed by atoms with Crippen LogP contribution in [0.25, 0.3) is 0 Å². The maximum Gasteiger partial charge on any atom is 0.244 e. The van der Waals surface area contributed by atoms with Gasteiger partial charge in [0.1, 0.15) is 0 Å². The number of carbonyl (C=O) groups excluding carboxylic acids is 2. The van der Waals surface area contributed by atoms with Crippen LogP contribution in [0.5, 0.6) is 0 Å². The molecule has 0 spiro atoms. The summed E-state index contributed by atoms with van der Waals surface area (Å²) < 4.78 is 26.4. The lowest BCUT2D eigenvalue weighted by Crippen LogP contribution is -2.51. The minimum absolute atomic E-state index is 0.0398. The van der Waals surface area contributed by atoms with E-state index in [4.69, 9.17) is 0 Å². The Hall–Kier alpha value is -2.31. The van der Waals surface area contributed by atoms with E-state index in [9.17, 15) is 18.0 Å². The third kappa shape index (κ3) is 2.52. The van der Waals surface area contributed by atoms with Gasteiger partial charge in [-0.15, -0.1) is 0 Å². The number of nitrogens with zero attached hydrogens (tertiary/aromatic N) is 1. The van der Waals surface area contributed by atoms with Crippen LogP contribution in [0.4, 0.5) is 0 Å². The topological polar surface area (TPSA) is 71.5 Å².